The number of para-hydroxylation sites is 1. The van der Waals surface area contributed by atoms with Crippen LogP contribution in [0.3, 0.4) is 0 Å². The van der Waals surface area contributed by atoms with Gasteiger partial charge in [-0.25, -0.2) is 0 Å². The highest BCUT2D eigenvalue weighted by Crippen LogP contribution is 2.28. The first-order chi connectivity index (χ1) is 11.5. The highest BCUT2D eigenvalue weighted by atomic mass is 19.3. The minimum atomic E-state index is -2.93. The van der Waals surface area contributed by atoms with Gasteiger partial charge in [0.1, 0.15) is 5.75 Å². The minimum absolute atomic E-state index is 0.00358. The van der Waals surface area contributed by atoms with E-state index in [0.29, 0.717) is 22.6 Å². The fourth-order valence-corrected chi connectivity index (χ4v) is 2.07. The van der Waals surface area contributed by atoms with E-state index in [1.54, 1.807) is 36.4 Å². The van der Waals surface area contributed by atoms with Crippen molar-refractivity contribution in [3.05, 3.63) is 59.7 Å². The van der Waals surface area contributed by atoms with E-state index in [-0.39, 0.29) is 11.5 Å². The lowest BCUT2D eigenvalue weighted by atomic mass is 10.1. The third-order valence-corrected chi connectivity index (χ3v) is 3.22. The zero-order valence-corrected chi connectivity index (χ0v) is 13.2. The minimum Gasteiger partial charge on any atom is -0.493 e. The SMILES string of the molecule is COc1ccc(C(=O)C=Cc2ccccc2OC(F)F)cc1OC. The zero-order chi connectivity index (χ0) is 17.5. The van der Waals surface area contributed by atoms with E-state index in [4.69, 9.17) is 9.47 Å². The molecule has 4 nitrogen and oxygen atoms in total. The Kier molecular flexibility index (Phi) is 5.89. The predicted octanol–water partition coefficient (Wildman–Crippen LogP) is 4.20. The standard InChI is InChI=1S/C18H16F2O4/c1-22-16-10-8-13(11-17(16)23-2)14(21)9-7-12-5-3-4-6-15(12)24-18(19)20/h3-11,18H,1-2H3. The molecule has 0 saturated carbocycles. The molecule has 0 heterocycles. The molecule has 0 aromatic heterocycles. The predicted molar refractivity (Wildman–Crippen MR) is 86.0 cm³/mol. The summed E-state index contributed by atoms with van der Waals surface area (Å²) in [5, 5.41) is 0. The Morgan fingerprint density at radius 3 is 2.38 bits per heavy atom. The average Bonchev–Trinajstić information content (AvgIpc) is 2.59. The third kappa shape index (κ3) is 4.32. The van der Waals surface area contributed by atoms with Gasteiger partial charge in [0.15, 0.2) is 17.3 Å². The van der Waals surface area contributed by atoms with Crippen LogP contribution in [-0.2, 0) is 0 Å². The fourth-order valence-electron chi connectivity index (χ4n) is 2.07. The van der Waals surface area contributed by atoms with Crippen molar-refractivity contribution >= 4 is 11.9 Å². The van der Waals surface area contributed by atoms with Gasteiger partial charge in [-0.2, -0.15) is 8.78 Å². The van der Waals surface area contributed by atoms with Crippen molar-refractivity contribution in [2.24, 2.45) is 0 Å². The molecular formula is C18H16F2O4. The van der Waals surface area contributed by atoms with Gasteiger partial charge in [0.05, 0.1) is 14.2 Å². The molecule has 0 radical (unpaired) electrons. The maximum absolute atomic E-state index is 12.4. The van der Waals surface area contributed by atoms with Crippen LogP contribution < -0.4 is 14.2 Å². The third-order valence-electron chi connectivity index (χ3n) is 3.22. The van der Waals surface area contributed by atoms with Gasteiger partial charge in [-0.05, 0) is 36.4 Å². The summed E-state index contributed by atoms with van der Waals surface area (Å²) in [7, 11) is 2.97. The largest absolute Gasteiger partial charge is 0.493 e. The van der Waals surface area contributed by atoms with Crippen LogP contribution in [0.15, 0.2) is 48.5 Å². The second-order valence-electron chi connectivity index (χ2n) is 4.68. The first-order valence-electron chi connectivity index (χ1n) is 7.03. The van der Waals surface area contributed by atoms with Gasteiger partial charge in [-0.15, -0.1) is 0 Å². The summed E-state index contributed by atoms with van der Waals surface area (Å²) in [6.45, 7) is -2.93. The Bertz CT molecular complexity index is 742. The lowest BCUT2D eigenvalue weighted by Crippen LogP contribution is -2.03. The van der Waals surface area contributed by atoms with Crippen LogP contribution in [-0.4, -0.2) is 26.6 Å². The Labute approximate surface area is 138 Å². The molecule has 0 N–H and O–H groups in total. The smallest absolute Gasteiger partial charge is 0.387 e. The van der Waals surface area contributed by atoms with Crippen LogP contribution >= 0.6 is 0 Å². The summed E-state index contributed by atoms with van der Waals surface area (Å²) in [5.74, 6) is 0.638. The molecule has 0 saturated heterocycles. The van der Waals surface area contributed by atoms with Crippen molar-refractivity contribution in [3.8, 4) is 17.2 Å². The first-order valence-corrected chi connectivity index (χ1v) is 7.03. The first kappa shape index (κ1) is 17.5. The number of carbonyl (C=O) groups excluding carboxylic acids is 1. The monoisotopic (exact) mass is 334 g/mol. The number of methoxy groups -OCH3 is 2. The topological polar surface area (TPSA) is 44.8 Å². The normalized spacial score (nSPS) is 10.9. The molecule has 2 aromatic carbocycles. The maximum atomic E-state index is 12.4. The van der Waals surface area contributed by atoms with Crippen LogP contribution in [0.5, 0.6) is 17.2 Å². The molecule has 0 spiro atoms. The van der Waals surface area contributed by atoms with E-state index in [2.05, 4.69) is 4.74 Å². The van der Waals surface area contributed by atoms with Crippen molar-refractivity contribution in [1.82, 2.24) is 0 Å². The number of hydrogen-bond acceptors (Lipinski definition) is 4. The van der Waals surface area contributed by atoms with E-state index < -0.39 is 6.61 Å². The Morgan fingerprint density at radius 1 is 1.00 bits per heavy atom. The van der Waals surface area contributed by atoms with Crippen LogP contribution in [0.4, 0.5) is 8.78 Å². The summed E-state index contributed by atoms with van der Waals surface area (Å²) in [4.78, 5) is 12.2. The molecule has 0 fully saturated rings. The Hall–Kier alpha value is -2.89. The molecule has 0 aliphatic carbocycles. The van der Waals surface area contributed by atoms with Crippen LogP contribution in [0.2, 0.25) is 0 Å². The van der Waals surface area contributed by atoms with Crippen molar-refractivity contribution in [1.29, 1.82) is 0 Å². The quantitative estimate of drug-likeness (QED) is 0.562. The fraction of sp³-hybridized carbons (Fsp3) is 0.167. The molecular weight excluding hydrogens is 318 g/mol. The van der Waals surface area contributed by atoms with Gasteiger partial charge in [-0.1, -0.05) is 18.2 Å². The zero-order valence-electron chi connectivity index (χ0n) is 13.2. The van der Waals surface area contributed by atoms with Crippen molar-refractivity contribution in [2.45, 2.75) is 6.61 Å². The Balaban J connectivity index is 2.22. The summed E-state index contributed by atoms with van der Waals surface area (Å²) < 4.78 is 39.4. The van der Waals surface area contributed by atoms with Gasteiger partial charge >= 0.3 is 6.61 Å². The summed E-state index contributed by atoms with van der Waals surface area (Å²) in [6.07, 6.45) is 2.71. The van der Waals surface area contributed by atoms with Gasteiger partial charge in [-0.3, -0.25) is 4.79 Å². The lowest BCUT2D eigenvalue weighted by molar-refractivity contribution is -0.0499. The van der Waals surface area contributed by atoms with Gasteiger partial charge in [0.25, 0.3) is 0 Å². The van der Waals surface area contributed by atoms with Crippen molar-refractivity contribution in [2.75, 3.05) is 14.2 Å². The maximum Gasteiger partial charge on any atom is 0.387 e. The van der Waals surface area contributed by atoms with Crippen LogP contribution in [0.1, 0.15) is 15.9 Å². The van der Waals surface area contributed by atoms with Gasteiger partial charge in [0, 0.05) is 11.1 Å². The molecule has 0 bridgehead atoms. The number of carbonyl (C=O) groups is 1. The number of rotatable bonds is 7. The highest BCUT2D eigenvalue weighted by Gasteiger charge is 2.10. The molecule has 2 rings (SSSR count). The number of benzene rings is 2. The average molecular weight is 334 g/mol. The number of ketones is 1. The second-order valence-corrected chi connectivity index (χ2v) is 4.68. The number of allylic oxidation sites excluding steroid dienone is 1. The Morgan fingerprint density at radius 2 is 1.71 bits per heavy atom. The van der Waals surface area contributed by atoms with E-state index >= 15 is 0 Å². The molecule has 2 aromatic rings. The van der Waals surface area contributed by atoms with E-state index in [9.17, 15) is 13.6 Å². The van der Waals surface area contributed by atoms with Crippen molar-refractivity contribution < 1.29 is 27.8 Å². The lowest BCUT2D eigenvalue weighted by Gasteiger charge is -2.08. The van der Waals surface area contributed by atoms with E-state index in [1.807, 2.05) is 0 Å². The highest BCUT2D eigenvalue weighted by molar-refractivity contribution is 6.07. The number of halogens is 2. The number of ether oxygens (including phenoxy) is 3. The number of alkyl halides is 2. The molecule has 0 unspecified atom stereocenters. The van der Waals surface area contributed by atoms with E-state index in [1.165, 1.54) is 32.4 Å². The summed E-state index contributed by atoms with van der Waals surface area (Å²) >= 11 is 0. The molecule has 0 atom stereocenters. The molecule has 0 amide bonds. The van der Waals surface area contributed by atoms with Gasteiger partial charge in [0.2, 0.25) is 0 Å². The van der Waals surface area contributed by atoms with Crippen LogP contribution in [0, 0.1) is 0 Å². The number of hydrogen-bond donors (Lipinski definition) is 0. The molecule has 126 valence electrons. The summed E-state index contributed by atoms with van der Waals surface area (Å²) in [5.41, 5.74) is 0.766. The van der Waals surface area contributed by atoms with Crippen LogP contribution in [0.25, 0.3) is 6.08 Å². The molecule has 0 aliphatic rings. The molecule has 6 heteroatoms. The van der Waals surface area contributed by atoms with Crippen molar-refractivity contribution in [3.63, 3.8) is 0 Å². The van der Waals surface area contributed by atoms with E-state index in [0.717, 1.165) is 0 Å². The summed E-state index contributed by atoms with van der Waals surface area (Å²) in [6, 6.07) is 11.0. The molecule has 0 aliphatic heterocycles. The van der Waals surface area contributed by atoms with Gasteiger partial charge < -0.3 is 14.2 Å². The second kappa shape index (κ2) is 8.10. The molecule has 24 heavy (non-hydrogen) atoms.